The lowest BCUT2D eigenvalue weighted by Crippen LogP contribution is -2.15. The Kier molecular flexibility index (Phi) is 2.02. The summed E-state index contributed by atoms with van der Waals surface area (Å²) in [6.45, 7) is 0. The van der Waals surface area contributed by atoms with Crippen molar-refractivity contribution in [2.45, 2.75) is 0 Å². The van der Waals surface area contributed by atoms with Crippen LogP contribution in [0.25, 0.3) is 0 Å². The number of halogens is 2. The molecule has 0 bridgehead atoms. The summed E-state index contributed by atoms with van der Waals surface area (Å²) in [5, 5.41) is 8.23. The van der Waals surface area contributed by atoms with Gasteiger partial charge in [-0.15, -0.1) is 0 Å². The lowest BCUT2D eigenvalue weighted by molar-refractivity contribution is 0.817. The third kappa shape index (κ3) is 1.33. The van der Waals surface area contributed by atoms with E-state index in [1.807, 2.05) is 0 Å². The van der Waals surface area contributed by atoms with Gasteiger partial charge < -0.3 is 4.57 Å². The molecule has 0 fully saturated rings. The van der Waals surface area contributed by atoms with Crippen LogP contribution in [0.2, 0.25) is 10.0 Å². The minimum Gasteiger partial charge on any atom is -0.334 e. The molecule has 54 valence electrons. The summed E-state index contributed by atoms with van der Waals surface area (Å²) in [6.07, 6.45) is 1.63. The van der Waals surface area contributed by atoms with E-state index in [2.05, 4.69) is 0 Å². The smallest absolute Gasteiger partial charge is 0.143 e. The van der Waals surface area contributed by atoms with Crippen molar-refractivity contribution in [3.05, 3.63) is 27.8 Å². The molecule has 0 aliphatic rings. The van der Waals surface area contributed by atoms with Crippen molar-refractivity contribution in [1.82, 2.24) is 4.57 Å². The molecule has 0 aliphatic heterocycles. The second kappa shape index (κ2) is 2.64. The van der Waals surface area contributed by atoms with Gasteiger partial charge >= 0.3 is 0 Å². The molecular formula is C6H6Cl2N2. The number of pyridine rings is 1. The van der Waals surface area contributed by atoms with Crippen molar-refractivity contribution in [3.8, 4) is 0 Å². The first-order valence-electron chi connectivity index (χ1n) is 2.67. The van der Waals surface area contributed by atoms with Crippen molar-refractivity contribution in [1.29, 1.82) is 5.41 Å². The van der Waals surface area contributed by atoms with Crippen LogP contribution < -0.4 is 5.49 Å². The number of rotatable bonds is 0. The topological polar surface area (TPSA) is 28.8 Å². The zero-order valence-corrected chi connectivity index (χ0v) is 6.87. The maximum Gasteiger partial charge on any atom is 0.143 e. The molecule has 0 unspecified atom stereocenters. The van der Waals surface area contributed by atoms with Gasteiger partial charge in [0.15, 0.2) is 0 Å². The number of aromatic nitrogens is 1. The van der Waals surface area contributed by atoms with Crippen LogP contribution >= 0.6 is 23.2 Å². The molecule has 0 saturated heterocycles. The fourth-order valence-corrected chi connectivity index (χ4v) is 1.21. The molecule has 1 rings (SSSR count). The van der Waals surface area contributed by atoms with E-state index >= 15 is 0 Å². The van der Waals surface area contributed by atoms with E-state index in [0.29, 0.717) is 10.0 Å². The summed E-state index contributed by atoms with van der Waals surface area (Å²) >= 11 is 11.3. The molecule has 1 aromatic heterocycles. The van der Waals surface area contributed by atoms with Gasteiger partial charge in [-0.05, 0) is 6.07 Å². The van der Waals surface area contributed by atoms with Gasteiger partial charge in [0.1, 0.15) is 5.49 Å². The van der Waals surface area contributed by atoms with E-state index < -0.39 is 0 Å². The van der Waals surface area contributed by atoms with Gasteiger partial charge in [0.25, 0.3) is 0 Å². The molecule has 2 nitrogen and oxygen atoms in total. The molecular weight excluding hydrogens is 171 g/mol. The van der Waals surface area contributed by atoms with Gasteiger partial charge in [-0.2, -0.15) is 0 Å². The van der Waals surface area contributed by atoms with Crippen LogP contribution in [0.3, 0.4) is 0 Å². The summed E-state index contributed by atoms with van der Waals surface area (Å²) in [4.78, 5) is 0. The Morgan fingerprint density at radius 1 is 1.50 bits per heavy atom. The third-order valence-electron chi connectivity index (χ3n) is 1.16. The Morgan fingerprint density at radius 3 is 2.60 bits per heavy atom. The van der Waals surface area contributed by atoms with E-state index in [9.17, 15) is 0 Å². The van der Waals surface area contributed by atoms with Crippen LogP contribution in [0, 0.1) is 5.41 Å². The molecule has 0 atom stereocenters. The van der Waals surface area contributed by atoms with E-state index in [-0.39, 0.29) is 5.49 Å². The Morgan fingerprint density at radius 2 is 2.10 bits per heavy atom. The number of hydrogen-bond acceptors (Lipinski definition) is 1. The molecule has 0 radical (unpaired) electrons. The second-order valence-corrected chi connectivity index (χ2v) is 2.81. The van der Waals surface area contributed by atoms with E-state index in [0.717, 1.165) is 0 Å². The third-order valence-corrected chi connectivity index (χ3v) is 1.66. The Bertz CT molecular complexity index is 277. The standard InChI is InChI=1S/C6H6Cl2N2/c1-10-3-4(7)2-5(8)6(10)9/h2-3,9H,1H3. The minimum absolute atomic E-state index is 0.270. The summed E-state index contributed by atoms with van der Waals surface area (Å²) in [6, 6.07) is 1.55. The van der Waals surface area contributed by atoms with Gasteiger partial charge in [0, 0.05) is 13.2 Å². The average Bonchev–Trinajstić information content (AvgIpc) is 1.82. The van der Waals surface area contributed by atoms with Gasteiger partial charge in [0.2, 0.25) is 0 Å². The van der Waals surface area contributed by atoms with Crippen LogP contribution in [0.15, 0.2) is 12.3 Å². The maximum absolute atomic E-state index is 7.31. The fourth-order valence-electron chi connectivity index (χ4n) is 0.645. The SMILES string of the molecule is Cn1cc(Cl)cc(Cl)c1=N. The molecule has 0 aromatic carbocycles. The number of nitrogens with zero attached hydrogens (tertiary/aromatic N) is 1. The molecule has 10 heavy (non-hydrogen) atoms. The zero-order valence-electron chi connectivity index (χ0n) is 5.36. The Balaban J connectivity index is 3.46. The van der Waals surface area contributed by atoms with Gasteiger partial charge in [-0.1, -0.05) is 23.2 Å². The number of aryl methyl sites for hydroxylation is 1. The van der Waals surface area contributed by atoms with Crippen molar-refractivity contribution >= 4 is 23.2 Å². The maximum atomic E-state index is 7.31. The van der Waals surface area contributed by atoms with Crippen LogP contribution in [0.1, 0.15) is 0 Å². The van der Waals surface area contributed by atoms with E-state index in [1.165, 1.54) is 0 Å². The van der Waals surface area contributed by atoms with Crippen molar-refractivity contribution in [2.24, 2.45) is 7.05 Å². The highest BCUT2D eigenvalue weighted by Gasteiger charge is 1.95. The van der Waals surface area contributed by atoms with Crippen molar-refractivity contribution in [2.75, 3.05) is 0 Å². The highest BCUT2D eigenvalue weighted by molar-refractivity contribution is 6.34. The highest BCUT2D eigenvalue weighted by atomic mass is 35.5. The molecule has 1 N–H and O–H groups in total. The molecule has 0 spiro atoms. The van der Waals surface area contributed by atoms with Crippen LogP contribution in [-0.2, 0) is 7.05 Å². The van der Waals surface area contributed by atoms with Crippen LogP contribution in [0.4, 0.5) is 0 Å². The highest BCUT2D eigenvalue weighted by Crippen LogP contribution is 2.09. The lowest BCUT2D eigenvalue weighted by Gasteiger charge is -1.99. The summed E-state index contributed by atoms with van der Waals surface area (Å²) in [5.74, 6) is 0. The lowest BCUT2D eigenvalue weighted by atomic mass is 10.5. The first kappa shape index (κ1) is 7.63. The van der Waals surface area contributed by atoms with Gasteiger partial charge in [-0.25, -0.2) is 0 Å². The Hall–Kier alpha value is -0.470. The number of hydrogen-bond donors (Lipinski definition) is 1. The molecule has 0 aliphatic carbocycles. The largest absolute Gasteiger partial charge is 0.334 e. The first-order chi connectivity index (χ1) is 4.61. The summed E-state index contributed by atoms with van der Waals surface area (Å²) in [7, 11) is 1.72. The molecule has 4 heteroatoms. The minimum atomic E-state index is 0.270. The average molecular weight is 177 g/mol. The molecule has 0 saturated carbocycles. The summed E-state index contributed by atoms with van der Waals surface area (Å²) in [5.41, 5.74) is 0.270. The predicted octanol–water partition coefficient (Wildman–Crippen LogP) is 1.81. The van der Waals surface area contributed by atoms with Gasteiger partial charge in [0.05, 0.1) is 10.0 Å². The number of nitrogens with one attached hydrogen (secondary N) is 1. The van der Waals surface area contributed by atoms with Crippen LogP contribution in [-0.4, -0.2) is 4.57 Å². The Labute approximate surface area is 68.5 Å². The normalized spacial score (nSPS) is 9.90. The van der Waals surface area contributed by atoms with Crippen molar-refractivity contribution in [3.63, 3.8) is 0 Å². The first-order valence-corrected chi connectivity index (χ1v) is 3.43. The predicted molar refractivity (Wildman–Crippen MR) is 41.3 cm³/mol. The molecule has 1 aromatic rings. The van der Waals surface area contributed by atoms with Crippen LogP contribution in [0.5, 0.6) is 0 Å². The quantitative estimate of drug-likeness (QED) is 0.626. The van der Waals surface area contributed by atoms with E-state index in [1.54, 1.807) is 23.9 Å². The van der Waals surface area contributed by atoms with Gasteiger partial charge in [-0.3, -0.25) is 5.41 Å². The molecule has 1 heterocycles. The van der Waals surface area contributed by atoms with E-state index in [4.69, 9.17) is 28.6 Å². The fraction of sp³-hybridized carbons (Fsp3) is 0.167. The monoisotopic (exact) mass is 176 g/mol. The van der Waals surface area contributed by atoms with Crippen molar-refractivity contribution < 1.29 is 0 Å². The zero-order chi connectivity index (χ0) is 7.72. The second-order valence-electron chi connectivity index (χ2n) is 1.97. The molecule has 0 amide bonds. The summed E-state index contributed by atoms with van der Waals surface area (Å²) < 4.78 is 1.56.